The van der Waals surface area contributed by atoms with Crippen molar-refractivity contribution in [2.75, 3.05) is 13.2 Å². The van der Waals surface area contributed by atoms with Crippen LogP contribution in [-0.4, -0.2) is 38.8 Å². The molecule has 0 saturated carbocycles. The summed E-state index contributed by atoms with van der Waals surface area (Å²) in [5.41, 5.74) is 0.282. The maximum absolute atomic E-state index is 12.6. The van der Waals surface area contributed by atoms with Crippen molar-refractivity contribution in [1.29, 1.82) is 0 Å². The highest BCUT2D eigenvalue weighted by Crippen LogP contribution is 2.25. The smallest absolute Gasteiger partial charge is 0.248 e. The summed E-state index contributed by atoms with van der Waals surface area (Å²) in [5, 5.41) is 11.1. The van der Waals surface area contributed by atoms with Gasteiger partial charge in [0.15, 0.2) is 5.82 Å². The topological polar surface area (TPSA) is 81.9 Å². The molecule has 3 rings (SSSR count). The number of nitrogens with zero attached hydrogens (tertiary/aromatic N) is 4. The number of ether oxygens (including phenoxy) is 1. The number of fused-ring (bicyclic) bond motifs is 1. The van der Waals surface area contributed by atoms with Gasteiger partial charge >= 0.3 is 0 Å². The Morgan fingerprint density at radius 1 is 1.50 bits per heavy atom. The molecular formula is C15H19N5O2. The van der Waals surface area contributed by atoms with Gasteiger partial charge in [0, 0.05) is 18.9 Å². The Kier molecular flexibility index (Phi) is 3.89. The minimum absolute atomic E-state index is 0.0831. The fourth-order valence-corrected chi connectivity index (χ4v) is 2.77. The molecule has 116 valence electrons. The number of rotatable bonds is 4. The molecule has 0 aromatic carbocycles. The van der Waals surface area contributed by atoms with Crippen molar-refractivity contribution in [1.82, 2.24) is 25.1 Å². The molecule has 1 amide bonds. The summed E-state index contributed by atoms with van der Waals surface area (Å²) in [5.74, 6) is 1.33. The molecule has 7 heteroatoms. The second-order valence-corrected chi connectivity index (χ2v) is 5.63. The maximum atomic E-state index is 12.6. The lowest BCUT2D eigenvalue weighted by Gasteiger charge is -2.34. The number of nitrogens with one attached hydrogen (secondary N) is 1. The Balaban J connectivity index is 1.68. The SMILES string of the molecule is Cc1nnc2n1[C@](C)(C(=O)NCCc1cccnc1)COC2. The van der Waals surface area contributed by atoms with Gasteiger partial charge in [-0.15, -0.1) is 10.2 Å². The molecule has 0 fully saturated rings. The van der Waals surface area contributed by atoms with Gasteiger partial charge in [0.1, 0.15) is 18.0 Å². The van der Waals surface area contributed by atoms with Crippen LogP contribution < -0.4 is 5.32 Å². The third-order valence-electron chi connectivity index (χ3n) is 3.91. The summed E-state index contributed by atoms with van der Waals surface area (Å²) in [6.45, 7) is 4.96. The number of hydrogen-bond donors (Lipinski definition) is 1. The number of pyridine rings is 1. The van der Waals surface area contributed by atoms with Crippen molar-refractivity contribution >= 4 is 5.91 Å². The van der Waals surface area contributed by atoms with E-state index in [0.29, 0.717) is 25.6 Å². The van der Waals surface area contributed by atoms with Gasteiger partial charge in [-0.25, -0.2) is 0 Å². The number of hydrogen-bond acceptors (Lipinski definition) is 5. The van der Waals surface area contributed by atoms with E-state index in [1.807, 2.05) is 30.5 Å². The van der Waals surface area contributed by atoms with E-state index in [9.17, 15) is 4.79 Å². The molecule has 0 unspecified atom stereocenters. The number of amides is 1. The van der Waals surface area contributed by atoms with Crippen LogP contribution in [0.3, 0.4) is 0 Å². The molecule has 22 heavy (non-hydrogen) atoms. The summed E-state index contributed by atoms with van der Waals surface area (Å²) in [7, 11) is 0. The summed E-state index contributed by atoms with van der Waals surface area (Å²) in [6, 6.07) is 3.88. The highest BCUT2D eigenvalue weighted by atomic mass is 16.5. The summed E-state index contributed by atoms with van der Waals surface area (Å²) in [4.78, 5) is 16.7. The lowest BCUT2D eigenvalue weighted by atomic mass is 10.00. The molecule has 1 aliphatic rings. The van der Waals surface area contributed by atoms with E-state index in [1.165, 1.54) is 0 Å². The van der Waals surface area contributed by atoms with Gasteiger partial charge in [0.2, 0.25) is 5.91 Å². The second kappa shape index (κ2) is 5.84. The molecule has 2 aromatic rings. The first kappa shape index (κ1) is 14.6. The number of carbonyl (C=O) groups is 1. The minimum Gasteiger partial charge on any atom is -0.370 e. The molecule has 1 aliphatic heterocycles. The molecule has 0 aliphatic carbocycles. The highest BCUT2D eigenvalue weighted by Gasteiger charge is 2.41. The van der Waals surface area contributed by atoms with E-state index in [4.69, 9.17) is 4.74 Å². The molecule has 0 saturated heterocycles. The third kappa shape index (κ3) is 2.59. The van der Waals surface area contributed by atoms with Crippen molar-refractivity contribution in [3.63, 3.8) is 0 Å². The lowest BCUT2D eigenvalue weighted by molar-refractivity contribution is -0.135. The van der Waals surface area contributed by atoms with Gasteiger partial charge in [0.25, 0.3) is 0 Å². The zero-order valence-electron chi connectivity index (χ0n) is 12.7. The van der Waals surface area contributed by atoms with Crippen molar-refractivity contribution in [3.05, 3.63) is 41.7 Å². The van der Waals surface area contributed by atoms with Crippen molar-refractivity contribution in [3.8, 4) is 0 Å². The molecule has 0 spiro atoms. The average molecular weight is 301 g/mol. The molecule has 0 bridgehead atoms. The molecule has 3 heterocycles. The van der Waals surface area contributed by atoms with Gasteiger partial charge < -0.3 is 10.1 Å². The first-order chi connectivity index (χ1) is 10.6. The summed E-state index contributed by atoms with van der Waals surface area (Å²) in [6.07, 6.45) is 4.28. The predicted molar refractivity (Wildman–Crippen MR) is 79.0 cm³/mol. The molecule has 1 atom stereocenters. The van der Waals surface area contributed by atoms with Crippen LogP contribution in [0.2, 0.25) is 0 Å². The van der Waals surface area contributed by atoms with Crippen LogP contribution in [0.25, 0.3) is 0 Å². The van der Waals surface area contributed by atoms with Crippen LogP contribution in [0.5, 0.6) is 0 Å². The van der Waals surface area contributed by atoms with Crippen LogP contribution in [0, 0.1) is 6.92 Å². The lowest BCUT2D eigenvalue weighted by Crippen LogP contribution is -2.53. The van der Waals surface area contributed by atoms with Crippen molar-refractivity contribution in [2.45, 2.75) is 32.4 Å². The standard InChI is InChI=1S/C15H19N5O2/c1-11-18-19-13-9-22-10-15(2,20(11)13)14(21)17-7-5-12-4-3-6-16-8-12/h3-4,6,8H,5,7,9-10H2,1-2H3,(H,17,21)/t15-/m0/s1. The van der Waals surface area contributed by atoms with E-state index in [2.05, 4.69) is 20.5 Å². The second-order valence-electron chi connectivity index (χ2n) is 5.63. The summed E-state index contributed by atoms with van der Waals surface area (Å²) < 4.78 is 7.39. The Morgan fingerprint density at radius 2 is 2.36 bits per heavy atom. The van der Waals surface area contributed by atoms with Gasteiger partial charge in [-0.05, 0) is 31.9 Å². The molecular weight excluding hydrogens is 282 g/mol. The minimum atomic E-state index is -0.809. The third-order valence-corrected chi connectivity index (χ3v) is 3.91. The van der Waals surface area contributed by atoms with Gasteiger partial charge in [-0.1, -0.05) is 6.07 Å². The van der Waals surface area contributed by atoms with Crippen molar-refractivity contribution < 1.29 is 9.53 Å². The Morgan fingerprint density at radius 3 is 3.14 bits per heavy atom. The summed E-state index contributed by atoms with van der Waals surface area (Å²) >= 11 is 0. The fourth-order valence-electron chi connectivity index (χ4n) is 2.77. The van der Waals surface area contributed by atoms with Crippen LogP contribution in [0.4, 0.5) is 0 Å². The molecule has 1 N–H and O–H groups in total. The molecule has 2 aromatic heterocycles. The fraction of sp³-hybridized carbons (Fsp3) is 0.467. The van der Waals surface area contributed by atoms with E-state index < -0.39 is 5.54 Å². The zero-order chi connectivity index (χ0) is 15.6. The molecule has 7 nitrogen and oxygen atoms in total. The van der Waals surface area contributed by atoms with Crippen LogP contribution in [0.15, 0.2) is 24.5 Å². The predicted octanol–water partition coefficient (Wildman–Crippen LogP) is 0.586. The zero-order valence-corrected chi connectivity index (χ0v) is 12.7. The van der Waals surface area contributed by atoms with E-state index >= 15 is 0 Å². The maximum Gasteiger partial charge on any atom is 0.248 e. The van der Waals surface area contributed by atoms with E-state index in [1.54, 1.807) is 12.4 Å². The monoisotopic (exact) mass is 301 g/mol. The van der Waals surface area contributed by atoms with Gasteiger partial charge in [-0.2, -0.15) is 0 Å². The van der Waals surface area contributed by atoms with E-state index in [-0.39, 0.29) is 5.91 Å². The largest absolute Gasteiger partial charge is 0.370 e. The van der Waals surface area contributed by atoms with Crippen LogP contribution in [0.1, 0.15) is 24.1 Å². The Hall–Kier alpha value is -2.28. The number of carbonyl (C=O) groups excluding carboxylic acids is 1. The first-order valence-electron chi connectivity index (χ1n) is 7.27. The highest BCUT2D eigenvalue weighted by molar-refractivity contribution is 5.84. The number of aryl methyl sites for hydroxylation is 1. The average Bonchev–Trinajstić information content (AvgIpc) is 2.91. The first-order valence-corrected chi connectivity index (χ1v) is 7.27. The normalized spacial score (nSPS) is 20.5. The van der Waals surface area contributed by atoms with Gasteiger partial charge in [-0.3, -0.25) is 14.3 Å². The van der Waals surface area contributed by atoms with Crippen LogP contribution in [-0.2, 0) is 28.1 Å². The Bertz CT molecular complexity index is 670. The van der Waals surface area contributed by atoms with E-state index in [0.717, 1.165) is 17.8 Å². The number of aromatic nitrogens is 4. The van der Waals surface area contributed by atoms with Crippen molar-refractivity contribution in [2.24, 2.45) is 0 Å². The Labute approximate surface area is 128 Å². The quantitative estimate of drug-likeness (QED) is 0.893. The molecule has 0 radical (unpaired) electrons. The van der Waals surface area contributed by atoms with Gasteiger partial charge in [0.05, 0.1) is 6.61 Å². The van der Waals surface area contributed by atoms with Crippen LogP contribution >= 0.6 is 0 Å².